The number of hydrazine groups is 1. The first-order valence-corrected chi connectivity index (χ1v) is 7.14. The highest BCUT2D eigenvalue weighted by Gasteiger charge is 2.20. The van der Waals surface area contributed by atoms with E-state index in [4.69, 9.17) is 5.84 Å². The maximum atomic E-state index is 9.23. The van der Waals surface area contributed by atoms with Crippen LogP contribution in [0.25, 0.3) is 0 Å². The summed E-state index contributed by atoms with van der Waals surface area (Å²) in [6.07, 6.45) is 2.15. The molecule has 0 aliphatic rings. The van der Waals surface area contributed by atoms with Crippen LogP contribution in [0.15, 0.2) is 6.07 Å². The third-order valence-electron chi connectivity index (χ3n) is 3.01. The average molecular weight is 281 g/mol. The standard InChI is InChI=1S/C14H27N5O/c1-5-6-7-19(8-9-20)12-10-11(18-15)16-13(17-12)14(2,3)4/h10,20H,5-9,15H2,1-4H3,(H,16,17,18). The van der Waals surface area contributed by atoms with Gasteiger partial charge in [0.15, 0.2) is 0 Å². The molecule has 0 saturated carbocycles. The molecule has 0 radical (unpaired) electrons. The number of nitrogens with zero attached hydrogens (tertiary/aromatic N) is 3. The van der Waals surface area contributed by atoms with Gasteiger partial charge in [-0.1, -0.05) is 34.1 Å². The van der Waals surface area contributed by atoms with Gasteiger partial charge in [-0.25, -0.2) is 15.8 Å². The Bertz CT molecular complexity index is 417. The molecular formula is C14H27N5O. The lowest BCUT2D eigenvalue weighted by molar-refractivity contribution is 0.301. The minimum absolute atomic E-state index is 0.101. The van der Waals surface area contributed by atoms with Crippen molar-refractivity contribution in [3.8, 4) is 0 Å². The summed E-state index contributed by atoms with van der Waals surface area (Å²) in [4.78, 5) is 11.1. The van der Waals surface area contributed by atoms with Gasteiger partial charge in [0.1, 0.15) is 17.5 Å². The molecule has 0 unspecified atom stereocenters. The van der Waals surface area contributed by atoms with Gasteiger partial charge in [0.25, 0.3) is 0 Å². The molecule has 0 saturated heterocycles. The largest absolute Gasteiger partial charge is 0.395 e. The number of rotatable bonds is 7. The predicted octanol–water partition coefficient (Wildman–Crippen LogP) is 1.66. The second-order valence-electron chi connectivity index (χ2n) is 5.89. The van der Waals surface area contributed by atoms with Gasteiger partial charge in [0, 0.05) is 24.6 Å². The second kappa shape index (κ2) is 7.40. The monoisotopic (exact) mass is 281 g/mol. The summed E-state index contributed by atoms with van der Waals surface area (Å²) in [5, 5.41) is 9.23. The Kier molecular flexibility index (Phi) is 6.16. The number of nitrogen functional groups attached to an aromatic ring is 1. The molecule has 0 spiro atoms. The zero-order chi connectivity index (χ0) is 15.2. The molecule has 0 atom stereocenters. The molecule has 0 aliphatic heterocycles. The number of hydrogen-bond donors (Lipinski definition) is 3. The van der Waals surface area contributed by atoms with Crippen LogP contribution in [0.4, 0.5) is 11.6 Å². The molecule has 4 N–H and O–H groups in total. The number of aromatic nitrogens is 2. The lowest BCUT2D eigenvalue weighted by Crippen LogP contribution is -2.30. The zero-order valence-corrected chi connectivity index (χ0v) is 13.0. The van der Waals surface area contributed by atoms with E-state index in [1.807, 2.05) is 6.07 Å². The first-order valence-electron chi connectivity index (χ1n) is 7.14. The molecule has 6 heteroatoms. The zero-order valence-electron chi connectivity index (χ0n) is 13.0. The fourth-order valence-corrected chi connectivity index (χ4v) is 1.82. The quantitative estimate of drug-likeness (QED) is 0.520. The molecule has 0 aromatic carbocycles. The van der Waals surface area contributed by atoms with Crippen molar-refractivity contribution >= 4 is 11.6 Å². The topological polar surface area (TPSA) is 87.3 Å². The minimum Gasteiger partial charge on any atom is -0.395 e. The first-order chi connectivity index (χ1) is 9.42. The summed E-state index contributed by atoms with van der Waals surface area (Å²) in [6, 6.07) is 1.82. The van der Waals surface area contributed by atoms with E-state index < -0.39 is 0 Å². The van der Waals surface area contributed by atoms with Crippen molar-refractivity contribution in [3.05, 3.63) is 11.9 Å². The van der Waals surface area contributed by atoms with Gasteiger partial charge in [-0.15, -0.1) is 0 Å². The number of hydrogen-bond acceptors (Lipinski definition) is 6. The Balaban J connectivity index is 3.12. The first kappa shape index (κ1) is 16.7. The highest BCUT2D eigenvalue weighted by atomic mass is 16.3. The molecule has 114 valence electrons. The van der Waals surface area contributed by atoms with E-state index in [2.05, 4.69) is 48.0 Å². The van der Waals surface area contributed by atoms with E-state index in [-0.39, 0.29) is 12.0 Å². The van der Waals surface area contributed by atoms with E-state index in [9.17, 15) is 5.11 Å². The van der Waals surface area contributed by atoms with Crippen LogP contribution in [-0.4, -0.2) is 34.8 Å². The summed E-state index contributed by atoms with van der Waals surface area (Å²) in [5.74, 6) is 7.64. The summed E-state index contributed by atoms with van der Waals surface area (Å²) in [6.45, 7) is 9.86. The molecule has 0 amide bonds. The van der Waals surface area contributed by atoms with Gasteiger partial charge < -0.3 is 15.4 Å². The average Bonchev–Trinajstić information content (AvgIpc) is 2.42. The molecule has 0 aliphatic carbocycles. The van der Waals surface area contributed by atoms with E-state index >= 15 is 0 Å². The van der Waals surface area contributed by atoms with E-state index in [1.54, 1.807) is 0 Å². The van der Waals surface area contributed by atoms with Crippen LogP contribution in [0.3, 0.4) is 0 Å². The van der Waals surface area contributed by atoms with Gasteiger partial charge in [0.2, 0.25) is 0 Å². The van der Waals surface area contributed by atoms with Crippen molar-refractivity contribution < 1.29 is 5.11 Å². The highest BCUT2D eigenvalue weighted by Crippen LogP contribution is 2.24. The number of aliphatic hydroxyl groups is 1. The van der Waals surface area contributed by atoms with E-state index in [1.165, 1.54) is 0 Å². The van der Waals surface area contributed by atoms with Crippen LogP contribution in [0.2, 0.25) is 0 Å². The van der Waals surface area contributed by atoms with Gasteiger partial charge in [0.05, 0.1) is 6.61 Å². The van der Waals surface area contributed by atoms with Crippen molar-refractivity contribution in [1.82, 2.24) is 9.97 Å². The minimum atomic E-state index is -0.156. The van der Waals surface area contributed by atoms with Crippen LogP contribution in [0.5, 0.6) is 0 Å². The fourth-order valence-electron chi connectivity index (χ4n) is 1.82. The molecule has 1 rings (SSSR count). The summed E-state index contributed by atoms with van der Waals surface area (Å²) < 4.78 is 0. The number of anilines is 2. The number of aliphatic hydroxyl groups excluding tert-OH is 1. The third kappa shape index (κ3) is 4.61. The fraction of sp³-hybridized carbons (Fsp3) is 0.714. The smallest absolute Gasteiger partial charge is 0.145 e. The third-order valence-corrected chi connectivity index (χ3v) is 3.01. The summed E-state index contributed by atoms with van der Waals surface area (Å²) in [7, 11) is 0. The number of nitrogens with two attached hydrogens (primary N) is 1. The number of unbranched alkanes of at least 4 members (excludes halogenated alkanes) is 1. The SMILES string of the molecule is CCCCN(CCO)c1cc(NN)nc(C(C)(C)C)n1. The van der Waals surface area contributed by atoms with Gasteiger partial charge in [-0.05, 0) is 6.42 Å². The lowest BCUT2D eigenvalue weighted by atomic mass is 9.96. The van der Waals surface area contributed by atoms with Crippen LogP contribution in [0.1, 0.15) is 46.4 Å². The van der Waals surface area contributed by atoms with Crippen molar-refractivity contribution in [2.45, 2.75) is 46.0 Å². The van der Waals surface area contributed by atoms with Crippen molar-refractivity contribution in [1.29, 1.82) is 0 Å². The normalized spacial score (nSPS) is 11.5. The van der Waals surface area contributed by atoms with Crippen LogP contribution >= 0.6 is 0 Å². The molecule has 6 nitrogen and oxygen atoms in total. The molecule has 0 bridgehead atoms. The Hall–Kier alpha value is -1.40. The van der Waals surface area contributed by atoms with Crippen molar-refractivity contribution in [2.75, 3.05) is 30.0 Å². The Morgan fingerprint density at radius 3 is 2.50 bits per heavy atom. The molecule has 1 aromatic heterocycles. The Morgan fingerprint density at radius 1 is 1.30 bits per heavy atom. The van der Waals surface area contributed by atoms with Crippen molar-refractivity contribution in [3.63, 3.8) is 0 Å². The second-order valence-corrected chi connectivity index (χ2v) is 5.89. The van der Waals surface area contributed by atoms with Gasteiger partial charge in [-0.3, -0.25) is 0 Å². The molecular weight excluding hydrogens is 254 g/mol. The van der Waals surface area contributed by atoms with E-state index in [0.717, 1.165) is 31.0 Å². The van der Waals surface area contributed by atoms with Crippen LogP contribution < -0.4 is 16.2 Å². The Labute approximate surface area is 121 Å². The molecule has 20 heavy (non-hydrogen) atoms. The highest BCUT2D eigenvalue weighted by molar-refractivity contribution is 5.49. The number of nitrogens with one attached hydrogen (secondary N) is 1. The molecule has 0 fully saturated rings. The molecule has 1 aromatic rings. The van der Waals surface area contributed by atoms with Gasteiger partial charge >= 0.3 is 0 Å². The van der Waals surface area contributed by atoms with Crippen molar-refractivity contribution in [2.24, 2.45) is 5.84 Å². The predicted molar refractivity (Wildman–Crippen MR) is 82.7 cm³/mol. The summed E-state index contributed by atoms with van der Waals surface area (Å²) >= 11 is 0. The maximum Gasteiger partial charge on any atom is 0.145 e. The lowest BCUT2D eigenvalue weighted by Gasteiger charge is -2.25. The van der Waals surface area contributed by atoms with Gasteiger partial charge in [-0.2, -0.15) is 0 Å². The Morgan fingerprint density at radius 2 is 2.00 bits per heavy atom. The van der Waals surface area contributed by atoms with Crippen LogP contribution in [0, 0.1) is 0 Å². The molecule has 1 heterocycles. The van der Waals surface area contributed by atoms with Crippen LogP contribution in [-0.2, 0) is 5.41 Å². The van der Waals surface area contributed by atoms with E-state index in [0.29, 0.717) is 12.4 Å². The maximum absolute atomic E-state index is 9.23. The summed E-state index contributed by atoms with van der Waals surface area (Å²) in [5.41, 5.74) is 2.44.